The van der Waals surface area contributed by atoms with Gasteiger partial charge in [0.15, 0.2) is 9.84 Å². The lowest BCUT2D eigenvalue weighted by Crippen LogP contribution is -2.32. The summed E-state index contributed by atoms with van der Waals surface area (Å²) in [7, 11) is -2.48. The molecule has 13 heteroatoms. The Kier molecular flexibility index (Phi) is 9.99. The first-order chi connectivity index (χ1) is 18.9. The fraction of sp³-hybridized carbons (Fsp3) is 0.370. The van der Waals surface area contributed by atoms with Gasteiger partial charge in [-0.1, -0.05) is 50.2 Å². The summed E-state index contributed by atoms with van der Waals surface area (Å²) in [5.74, 6) is -2.89. The van der Waals surface area contributed by atoms with E-state index in [-0.39, 0.29) is 41.2 Å². The Bertz CT molecular complexity index is 1370. The highest BCUT2D eigenvalue weighted by atomic mass is 32.2. The van der Waals surface area contributed by atoms with Gasteiger partial charge in [-0.3, -0.25) is 25.1 Å². The van der Waals surface area contributed by atoms with Crippen molar-refractivity contribution in [2.75, 3.05) is 19.7 Å². The van der Waals surface area contributed by atoms with E-state index < -0.39 is 46.6 Å². The van der Waals surface area contributed by atoms with Gasteiger partial charge in [-0.2, -0.15) is 0 Å². The van der Waals surface area contributed by atoms with E-state index in [9.17, 15) is 27.6 Å². The number of amidine groups is 1. The van der Waals surface area contributed by atoms with Gasteiger partial charge in [0.1, 0.15) is 5.84 Å². The normalized spacial score (nSPS) is 16.6. The molecular formula is C27H31N3O9S. The molecule has 0 aromatic heterocycles. The van der Waals surface area contributed by atoms with Crippen LogP contribution in [0.4, 0.5) is 4.79 Å². The van der Waals surface area contributed by atoms with Crippen LogP contribution in [-0.4, -0.2) is 63.9 Å². The summed E-state index contributed by atoms with van der Waals surface area (Å²) in [5.41, 5.74) is 1.87. The highest BCUT2D eigenvalue weighted by Crippen LogP contribution is 2.25. The molecule has 0 bridgehead atoms. The van der Waals surface area contributed by atoms with Crippen LogP contribution in [0.25, 0.3) is 11.1 Å². The number of amides is 2. The van der Waals surface area contributed by atoms with E-state index in [1.807, 2.05) is 0 Å². The minimum absolute atomic E-state index is 0.0957. The molecule has 214 valence electrons. The molecule has 3 rings (SSSR count). The minimum atomic E-state index is -3.71. The van der Waals surface area contributed by atoms with Crippen molar-refractivity contribution in [3.63, 3.8) is 0 Å². The van der Waals surface area contributed by atoms with E-state index in [0.717, 1.165) is 11.1 Å². The van der Waals surface area contributed by atoms with Crippen LogP contribution in [-0.2, 0) is 38.4 Å². The molecule has 1 aliphatic heterocycles. The topological polar surface area (TPSA) is 178 Å². The zero-order chi connectivity index (χ0) is 29.4. The molecule has 0 saturated carbocycles. The van der Waals surface area contributed by atoms with Crippen molar-refractivity contribution in [3.8, 4) is 11.1 Å². The summed E-state index contributed by atoms with van der Waals surface area (Å²) in [6.45, 7) is 2.72. The van der Waals surface area contributed by atoms with E-state index >= 15 is 0 Å². The molecule has 0 radical (unpaired) electrons. The second kappa shape index (κ2) is 13.2. The number of hydrogen-bond donors (Lipinski definition) is 3. The molecule has 1 heterocycles. The van der Waals surface area contributed by atoms with Crippen molar-refractivity contribution in [1.29, 1.82) is 5.41 Å². The number of methoxy groups -OCH3 is 1. The van der Waals surface area contributed by atoms with Gasteiger partial charge in [0.05, 0.1) is 36.0 Å². The lowest BCUT2D eigenvalue weighted by atomic mass is 10.0. The summed E-state index contributed by atoms with van der Waals surface area (Å²) in [6, 6.07) is 12.3. The molecule has 0 aliphatic carbocycles. The van der Waals surface area contributed by atoms with Crippen LogP contribution in [0.15, 0.2) is 53.4 Å². The Morgan fingerprint density at radius 1 is 1.02 bits per heavy atom. The number of alkyl carbamates (subject to hydrolysis) is 1. The van der Waals surface area contributed by atoms with Crippen LogP contribution in [0.5, 0.6) is 0 Å². The Morgan fingerprint density at radius 3 is 2.20 bits per heavy atom. The fourth-order valence-electron chi connectivity index (χ4n) is 3.96. The van der Waals surface area contributed by atoms with E-state index in [1.54, 1.807) is 50.2 Å². The standard InChI is InChI=1S/C27H31N3O9S/c1-16(2)26(33)38-15-39-27(34)30-24(28)19-6-4-17(5-7-19)18-8-10-22(11-9-18)40(35,36)14-21-12-20(25(32)29-21)13-23(31)37-3/h4-11,16,20-21H,12-15H2,1-3H3,(H,29,32)(H2,28,30,34)/t20-,21-/m0/s1. The molecule has 2 aromatic carbocycles. The Morgan fingerprint density at radius 2 is 1.62 bits per heavy atom. The van der Waals surface area contributed by atoms with Crippen molar-refractivity contribution in [2.45, 2.75) is 37.6 Å². The maximum Gasteiger partial charge on any atom is 0.415 e. The van der Waals surface area contributed by atoms with Crippen molar-refractivity contribution >= 4 is 39.6 Å². The highest BCUT2D eigenvalue weighted by Gasteiger charge is 2.36. The second-order valence-electron chi connectivity index (χ2n) is 9.47. The SMILES string of the molecule is COC(=O)C[C@@H]1C[C@@H](CS(=O)(=O)c2ccc(-c3ccc(C(=N)NC(=O)OCOC(=O)C(C)C)cc3)cc2)NC1=O. The summed E-state index contributed by atoms with van der Waals surface area (Å²) >= 11 is 0. The van der Waals surface area contributed by atoms with E-state index in [1.165, 1.54) is 19.2 Å². The van der Waals surface area contributed by atoms with Crippen molar-refractivity contribution < 1.29 is 41.8 Å². The number of benzene rings is 2. The zero-order valence-electron chi connectivity index (χ0n) is 22.3. The first-order valence-electron chi connectivity index (χ1n) is 12.4. The summed E-state index contributed by atoms with van der Waals surface area (Å²) in [4.78, 5) is 46.9. The van der Waals surface area contributed by atoms with Crippen molar-refractivity contribution in [3.05, 3.63) is 54.1 Å². The number of carbonyl (C=O) groups is 4. The minimum Gasteiger partial charge on any atom is -0.469 e. The number of sulfone groups is 1. The Hall–Kier alpha value is -4.26. The zero-order valence-corrected chi connectivity index (χ0v) is 23.1. The van der Waals surface area contributed by atoms with Gasteiger partial charge >= 0.3 is 18.0 Å². The number of esters is 2. The van der Waals surface area contributed by atoms with Crippen LogP contribution in [0.3, 0.4) is 0 Å². The van der Waals surface area contributed by atoms with Crippen molar-refractivity contribution in [1.82, 2.24) is 10.6 Å². The smallest absolute Gasteiger partial charge is 0.415 e. The summed E-state index contributed by atoms with van der Waals surface area (Å²) in [5, 5.41) is 12.9. The Balaban J connectivity index is 1.56. The van der Waals surface area contributed by atoms with E-state index in [0.29, 0.717) is 5.56 Å². The molecule has 12 nitrogen and oxygen atoms in total. The highest BCUT2D eigenvalue weighted by molar-refractivity contribution is 7.91. The Labute approximate surface area is 231 Å². The molecule has 2 amide bonds. The molecule has 1 aliphatic rings. The van der Waals surface area contributed by atoms with Gasteiger partial charge in [-0.25, -0.2) is 13.2 Å². The molecular weight excluding hydrogens is 542 g/mol. The molecule has 1 saturated heterocycles. The van der Waals surface area contributed by atoms with Crippen molar-refractivity contribution in [2.24, 2.45) is 11.8 Å². The number of carbonyl (C=O) groups excluding carboxylic acids is 4. The monoisotopic (exact) mass is 573 g/mol. The van der Waals surface area contributed by atoms with Crippen LogP contribution in [0.2, 0.25) is 0 Å². The average Bonchev–Trinajstić information content (AvgIpc) is 3.25. The summed E-state index contributed by atoms with van der Waals surface area (Å²) < 4.78 is 39.9. The number of ether oxygens (including phenoxy) is 3. The number of rotatable bonds is 10. The molecule has 0 spiro atoms. The average molecular weight is 574 g/mol. The molecule has 40 heavy (non-hydrogen) atoms. The largest absolute Gasteiger partial charge is 0.469 e. The third kappa shape index (κ3) is 8.12. The number of hydrogen-bond acceptors (Lipinski definition) is 10. The number of nitrogens with one attached hydrogen (secondary N) is 3. The van der Waals surface area contributed by atoms with Crippen LogP contribution in [0.1, 0.15) is 32.3 Å². The van der Waals surface area contributed by atoms with E-state index in [2.05, 4.69) is 15.4 Å². The van der Waals surface area contributed by atoms with Crippen LogP contribution in [0, 0.1) is 17.2 Å². The summed E-state index contributed by atoms with van der Waals surface area (Å²) in [6.07, 6.45) is -0.814. The molecule has 0 unspecified atom stereocenters. The predicted molar refractivity (Wildman–Crippen MR) is 143 cm³/mol. The molecule has 3 N–H and O–H groups in total. The van der Waals surface area contributed by atoms with Gasteiger partial charge < -0.3 is 19.5 Å². The van der Waals surface area contributed by atoms with Gasteiger partial charge in [0.2, 0.25) is 12.7 Å². The maximum atomic E-state index is 12.9. The van der Waals surface area contributed by atoms with Crippen LogP contribution >= 0.6 is 0 Å². The predicted octanol–water partition coefficient (Wildman–Crippen LogP) is 2.40. The second-order valence-corrected chi connectivity index (χ2v) is 11.5. The van der Waals surface area contributed by atoms with Crippen LogP contribution < -0.4 is 10.6 Å². The van der Waals surface area contributed by atoms with E-state index in [4.69, 9.17) is 14.9 Å². The lowest BCUT2D eigenvalue weighted by Gasteiger charge is -2.12. The third-order valence-corrected chi connectivity index (χ3v) is 7.99. The quantitative estimate of drug-likeness (QED) is 0.167. The first kappa shape index (κ1) is 30.3. The third-order valence-electron chi connectivity index (χ3n) is 6.16. The van der Waals surface area contributed by atoms with Gasteiger partial charge in [-0.05, 0) is 29.7 Å². The first-order valence-corrected chi connectivity index (χ1v) is 14.0. The van der Waals surface area contributed by atoms with Gasteiger partial charge in [-0.15, -0.1) is 0 Å². The molecule has 2 atom stereocenters. The lowest BCUT2D eigenvalue weighted by molar-refractivity contribution is -0.155. The molecule has 1 fully saturated rings. The maximum absolute atomic E-state index is 12.9. The molecule has 2 aromatic rings. The van der Waals surface area contributed by atoms with Gasteiger partial charge in [0, 0.05) is 11.6 Å². The van der Waals surface area contributed by atoms with Gasteiger partial charge in [0.25, 0.3) is 0 Å². The fourth-order valence-corrected chi connectivity index (χ4v) is 5.45.